The fraction of sp³-hybridized carbons (Fsp3) is 0.300. The number of nitrogens with one attached hydrogen (secondary N) is 1. The molecule has 154 valence electrons. The molecule has 0 saturated heterocycles. The molecule has 0 atom stereocenters. The van der Waals surface area contributed by atoms with E-state index < -0.39 is 21.7 Å². The zero-order valence-electron chi connectivity index (χ0n) is 16.3. The molecule has 0 aliphatic carbocycles. The van der Waals surface area contributed by atoms with Crippen molar-refractivity contribution in [2.45, 2.75) is 37.7 Å². The third-order valence-corrected chi connectivity index (χ3v) is 6.21. The van der Waals surface area contributed by atoms with Crippen LogP contribution in [-0.4, -0.2) is 35.6 Å². The van der Waals surface area contributed by atoms with Crippen LogP contribution in [0.1, 0.15) is 26.3 Å². The Balaban J connectivity index is 1.90. The fourth-order valence-corrected chi connectivity index (χ4v) is 4.73. The van der Waals surface area contributed by atoms with Crippen LogP contribution in [0.4, 0.5) is 4.79 Å². The van der Waals surface area contributed by atoms with Crippen molar-refractivity contribution in [3.8, 4) is 0 Å². The molecule has 0 bridgehead atoms. The maximum Gasteiger partial charge on any atom is 0.407 e. The molecule has 0 spiro atoms. The summed E-state index contributed by atoms with van der Waals surface area (Å²) >= 11 is 6.12. The number of aromatic nitrogens is 2. The number of alkyl carbamates (subject to hydrolysis) is 1. The van der Waals surface area contributed by atoms with E-state index in [0.29, 0.717) is 23.0 Å². The van der Waals surface area contributed by atoms with Crippen molar-refractivity contribution in [1.82, 2.24) is 14.3 Å². The highest BCUT2D eigenvalue weighted by atomic mass is 35.5. The van der Waals surface area contributed by atoms with Gasteiger partial charge in [-0.2, -0.15) is 0 Å². The molecule has 0 fully saturated rings. The molecule has 1 N–H and O–H groups in total. The van der Waals surface area contributed by atoms with Crippen molar-refractivity contribution in [2.75, 3.05) is 6.54 Å². The Morgan fingerprint density at radius 1 is 1.21 bits per heavy atom. The van der Waals surface area contributed by atoms with Gasteiger partial charge in [0.2, 0.25) is 0 Å². The van der Waals surface area contributed by atoms with Gasteiger partial charge in [0.1, 0.15) is 10.5 Å². The van der Waals surface area contributed by atoms with Gasteiger partial charge in [0.05, 0.1) is 16.1 Å². The zero-order valence-corrected chi connectivity index (χ0v) is 17.9. The number of carbonyl (C=O) groups is 1. The van der Waals surface area contributed by atoms with Gasteiger partial charge >= 0.3 is 6.09 Å². The summed E-state index contributed by atoms with van der Waals surface area (Å²) in [5, 5.41) is 2.82. The van der Waals surface area contributed by atoms with Crippen LogP contribution in [-0.2, 0) is 21.2 Å². The van der Waals surface area contributed by atoms with Crippen LogP contribution in [0.3, 0.4) is 0 Å². The van der Waals surface area contributed by atoms with Crippen LogP contribution in [0.2, 0.25) is 5.02 Å². The lowest BCUT2D eigenvalue weighted by Gasteiger charge is -2.19. The molecule has 29 heavy (non-hydrogen) atoms. The number of ether oxygens (including phenoxy) is 1. The molecule has 0 aliphatic rings. The average molecular weight is 436 g/mol. The van der Waals surface area contributed by atoms with Crippen LogP contribution in [0.25, 0.3) is 11.0 Å². The van der Waals surface area contributed by atoms with Gasteiger partial charge in [0.15, 0.2) is 0 Å². The minimum absolute atomic E-state index is 0.0147. The number of fused-ring (bicyclic) bond motifs is 1. The van der Waals surface area contributed by atoms with Crippen molar-refractivity contribution in [3.05, 3.63) is 59.4 Å². The fourth-order valence-electron chi connectivity index (χ4n) is 2.85. The molecule has 9 heteroatoms. The van der Waals surface area contributed by atoms with E-state index in [9.17, 15) is 13.2 Å². The van der Waals surface area contributed by atoms with E-state index in [1.807, 2.05) is 0 Å². The van der Waals surface area contributed by atoms with Crippen molar-refractivity contribution < 1.29 is 17.9 Å². The highest BCUT2D eigenvalue weighted by Gasteiger charge is 2.24. The molecule has 1 amide bonds. The highest BCUT2D eigenvalue weighted by molar-refractivity contribution is 7.90. The minimum atomic E-state index is -3.91. The molecule has 0 unspecified atom stereocenters. The van der Waals surface area contributed by atoms with Crippen molar-refractivity contribution in [3.63, 3.8) is 0 Å². The van der Waals surface area contributed by atoms with Gasteiger partial charge in [0.25, 0.3) is 10.0 Å². The molecular formula is C20H22ClN3O4S. The van der Waals surface area contributed by atoms with Gasteiger partial charge in [-0.25, -0.2) is 17.2 Å². The van der Waals surface area contributed by atoms with E-state index in [2.05, 4.69) is 10.3 Å². The average Bonchev–Trinajstić information content (AvgIpc) is 3.00. The summed E-state index contributed by atoms with van der Waals surface area (Å²) in [6.45, 7) is 5.62. The minimum Gasteiger partial charge on any atom is -0.444 e. The number of rotatable bonds is 5. The van der Waals surface area contributed by atoms with Gasteiger partial charge in [-0.05, 0) is 57.0 Å². The predicted octanol–water partition coefficient (Wildman–Crippen LogP) is 3.99. The first-order valence-electron chi connectivity index (χ1n) is 9.01. The van der Waals surface area contributed by atoms with Crippen molar-refractivity contribution in [1.29, 1.82) is 0 Å². The summed E-state index contributed by atoms with van der Waals surface area (Å²) in [6, 6.07) is 9.64. The summed E-state index contributed by atoms with van der Waals surface area (Å²) in [4.78, 5) is 16.2. The van der Waals surface area contributed by atoms with Crippen molar-refractivity contribution in [2.24, 2.45) is 0 Å². The number of benzene rings is 1. The maximum atomic E-state index is 13.2. The third kappa shape index (κ3) is 4.71. The smallest absolute Gasteiger partial charge is 0.407 e. The van der Waals surface area contributed by atoms with E-state index >= 15 is 0 Å². The Bertz CT molecular complexity index is 1150. The number of hydrogen-bond acceptors (Lipinski definition) is 5. The lowest BCUT2D eigenvalue weighted by atomic mass is 10.2. The summed E-state index contributed by atoms with van der Waals surface area (Å²) in [6.07, 6.45) is 2.97. The number of carbonyl (C=O) groups excluding carboxylic acids is 1. The lowest BCUT2D eigenvalue weighted by Crippen LogP contribution is -2.33. The first-order valence-corrected chi connectivity index (χ1v) is 10.8. The molecule has 1 aromatic carbocycles. The zero-order chi connectivity index (χ0) is 21.2. The van der Waals surface area contributed by atoms with Crippen LogP contribution in [0.15, 0.2) is 53.7 Å². The Morgan fingerprint density at radius 2 is 1.93 bits per heavy atom. The Morgan fingerprint density at radius 3 is 2.62 bits per heavy atom. The number of nitrogens with zero attached hydrogens (tertiary/aromatic N) is 2. The van der Waals surface area contributed by atoms with Gasteiger partial charge in [0, 0.05) is 18.9 Å². The topological polar surface area (TPSA) is 90.3 Å². The summed E-state index contributed by atoms with van der Waals surface area (Å²) in [7, 11) is -3.91. The van der Waals surface area contributed by atoms with Crippen LogP contribution >= 0.6 is 11.6 Å². The normalized spacial score (nSPS) is 12.1. The summed E-state index contributed by atoms with van der Waals surface area (Å²) < 4.78 is 32.8. The Labute approximate surface area is 174 Å². The largest absolute Gasteiger partial charge is 0.444 e. The molecule has 3 rings (SSSR count). The van der Waals surface area contributed by atoms with Gasteiger partial charge in [-0.1, -0.05) is 23.7 Å². The molecular weight excluding hydrogens is 414 g/mol. The van der Waals surface area contributed by atoms with Crippen LogP contribution < -0.4 is 5.32 Å². The van der Waals surface area contributed by atoms with Crippen LogP contribution in [0.5, 0.6) is 0 Å². The van der Waals surface area contributed by atoms with E-state index in [4.69, 9.17) is 16.3 Å². The van der Waals surface area contributed by atoms with Gasteiger partial charge in [-0.15, -0.1) is 0 Å². The van der Waals surface area contributed by atoms with Crippen LogP contribution in [0, 0.1) is 0 Å². The maximum absolute atomic E-state index is 13.2. The number of pyridine rings is 1. The van der Waals surface area contributed by atoms with E-state index in [1.54, 1.807) is 51.2 Å². The number of hydrogen-bond donors (Lipinski definition) is 1. The summed E-state index contributed by atoms with van der Waals surface area (Å²) in [5.41, 5.74) is 1.09. The number of amides is 1. The number of halogens is 1. The summed E-state index contributed by atoms with van der Waals surface area (Å²) in [5.74, 6) is 0. The van der Waals surface area contributed by atoms with Gasteiger partial charge in [-0.3, -0.25) is 4.98 Å². The quantitative estimate of drug-likeness (QED) is 0.654. The molecule has 2 heterocycles. The predicted molar refractivity (Wildman–Crippen MR) is 112 cm³/mol. The molecule has 0 radical (unpaired) electrons. The first kappa shape index (κ1) is 21.1. The standard InChI is InChI=1S/C20H22ClN3O4S/c1-20(2,3)28-19(25)23-12-10-14-13-24(16-8-6-11-22-18(14)16)29(26,27)17-9-5-4-7-15(17)21/h4-9,11,13H,10,12H2,1-3H3,(H,23,25). The molecule has 7 nitrogen and oxygen atoms in total. The molecule has 2 aromatic heterocycles. The van der Waals surface area contributed by atoms with Gasteiger partial charge < -0.3 is 10.1 Å². The lowest BCUT2D eigenvalue weighted by molar-refractivity contribution is 0.0528. The molecule has 0 saturated carbocycles. The van der Waals surface area contributed by atoms with E-state index in [-0.39, 0.29) is 16.5 Å². The molecule has 3 aromatic rings. The SMILES string of the molecule is CC(C)(C)OC(=O)NCCc1cn(S(=O)(=O)c2ccccc2Cl)c2cccnc12. The second-order valence-corrected chi connectivity index (χ2v) is 9.63. The Kier molecular flexibility index (Phi) is 5.86. The third-order valence-electron chi connectivity index (χ3n) is 4.04. The second-order valence-electron chi connectivity index (χ2n) is 7.44. The monoisotopic (exact) mass is 435 g/mol. The van der Waals surface area contributed by atoms with Crippen molar-refractivity contribution >= 4 is 38.8 Å². The second kappa shape index (κ2) is 8.04. The first-order chi connectivity index (χ1) is 13.6. The molecule has 0 aliphatic heterocycles. The van der Waals surface area contributed by atoms with E-state index in [1.165, 1.54) is 22.3 Å². The highest BCUT2D eigenvalue weighted by Crippen LogP contribution is 2.28. The Hall–Kier alpha value is -2.58. The van der Waals surface area contributed by atoms with E-state index in [0.717, 1.165) is 0 Å².